The molecule has 1 aliphatic heterocycles. The smallest absolute Gasteiger partial charge is 0.387 e. The number of rotatable bonds is 10. The first-order valence-corrected chi connectivity index (χ1v) is 12.1. The van der Waals surface area contributed by atoms with Crippen LogP contribution < -0.4 is 4.74 Å². The lowest BCUT2D eigenvalue weighted by Crippen LogP contribution is -2.42. The highest BCUT2D eigenvalue weighted by Crippen LogP contribution is 2.32. The number of urea groups is 1. The summed E-state index contributed by atoms with van der Waals surface area (Å²) in [6, 6.07) is 7.87. The van der Waals surface area contributed by atoms with Crippen LogP contribution in [0.2, 0.25) is 0 Å². The predicted molar refractivity (Wildman–Crippen MR) is 124 cm³/mol. The van der Waals surface area contributed by atoms with Crippen molar-refractivity contribution in [2.75, 3.05) is 19.6 Å². The largest absolute Gasteiger partial charge is 0.435 e. The first-order valence-electron chi connectivity index (χ1n) is 12.1. The molecule has 2 aromatic rings. The van der Waals surface area contributed by atoms with E-state index < -0.39 is 37.6 Å². The minimum Gasteiger partial charge on any atom is -0.435 e. The third-order valence-electron chi connectivity index (χ3n) is 6.57. The molecule has 2 heterocycles. The molecule has 10 heteroatoms. The summed E-state index contributed by atoms with van der Waals surface area (Å²) in [5.41, 5.74) is 2.84. The van der Waals surface area contributed by atoms with Gasteiger partial charge in [0.25, 0.3) is 5.92 Å². The number of hydrogen-bond acceptors (Lipinski definition) is 4. The molecule has 0 bridgehead atoms. The van der Waals surface area contributed by atoms with Gasteiger partial charge in [0.15, 0.2) is 0 Å². The van der Waals surface area contributed by atoms with Gasteiger partial charge in [0.1, 0.15) is 11.5 Å². The Morgan fingerprint density at radius 1 is 1.08 bits per heavy atom. The molecule has 194 valence electrons. The lowest BCUT2D eigenvalue weighted by molar-refractivity contribution is -0.118. The number of aromatic nitrogens is 1. The average molecular weight is 508 g/mol. The molecule has 0 radical (unpaired) electrons. The lowest BCUT2D eigenvalue weighted by Gasteiger charge is -2.29. The van der Waals surface area contributed by atoms with E-state index in [2.05, 4.69) is 9.72 Å². The predicted octanol–water partition coefficient (Wildman–Crippen LogP) is 5.20. The number of carbonyl (C=O) groups is 2. The van der Waals surface area contributed by atoms with E-state index in [1.165, 1.54) is 36.1 Å². The highest BCUT2D eigenvalue weighted by molar-refractivity contribution is 5.80. The van der Waals surface area contributed by atoms with Crippen molar-refractivity contribution in [3.63, 3.8) is 0 Å². The Morgan fingerprint density at radius 2 is 1.81 bits per heavy atom. The molecule has 36 heavy (non-hydrogen) atoms. The van der Waals surface area contributed by atoms with Crippen LogP contribution in [0.3, 0.4) is 0 Å². The fourth-order valence-electron chi connectivity index (χ4n) is 4.91. The van der Waals surface area contributed by atoms with Crippen molar-refractivity contribution in [1.82, 2.24) is 14.8 Å². The molecule has 0 spiro atoms. The van der Waals surface area contributed by atoms with Crippen LogP contribution in [0.4, 0.5) is 22.4 Å². The molecule has 1 aromatic heterocycles. The number of Topliss-reactive ketones (excluding diaryl/α,β-unsaturated/α-hetero) is 1. The van der Waals surface area contributed by atoms with Crippen molar-refractivity contribution >= 4 is 11.8 Å². The third-order valence-corrected chi connectivity index (χ3v) is 6.57. The van der Waals surface area contributed by atoms with Crippen molar-refractivity contribution in [3.05, 3.63) is 58.9 Å². The molecule has 1 aromatic carbocycles. The molecule has 4 rings (SSSR count). The monoisotopic (exact) mass is 507 g/mol. The van der Waals surface area contributed by atoms with E-state index in [9.17, 15) is 27.2 Å². The minimum absolute atomic E-state index is 0.0237. The molecule has 2 aliphatic rings. The lowest BCUT2D eigenvalue weighted by atomic mass is 9.95. The van der Waals surface area contributed by atoms with Gasteiger partial charge >= 0.3 is 12.6 Å². The fourth-order valence-corrected chi connectivity index (χ4v) is 4.91. The average Bonchev–Trinajstić information content (AvgIpc) is 3.16. The molecule has 6 nitrogen and oxygen atoms in total. The number of pyridine rings is 1. The van der Waals surface area contributed by atoms with Crippen LogP contribution in [0, 0.1) is 0 Å². The molecular weight excluding hydrogens is 478 g/mol. The van der Waals surface area contributed by atoms with E-state index in [1.807, 2.05) is 6.07 Å². The van der Waals surface area contributed by atoms with Gasteiger partial charge in [0, 0.05) is 30.9 Å². The van der Waals surface area contributed by atoms with Crippen LogP contribution in [0.15, 0.2) is 36.4 Å². The number of nitrogens with zero attached hydrogens (tertiary/aromatic N) is 3. The van der Waals surface area contributed by atoms with Crippen molar-refractivity contribution in [2.45, 2.75) is 64.0 Å². The zero-order valence-corrected chi connectivity index (χ0v) is 20.1. The van der Waals surface area contributed by atoms with Gasteiger partial charge in [0.05, 0.1) is 19.0 Å². The molecule has 2 amide bonds. The van der Waals surface area contributed by atoms with Crippen molar-refractivity contribution in [2.24, 2.45) is 0 Å². The number of fused-ring (bicyclic) bond motifs is 1. The summed E-state index contributed by atoms with van der Waals surface area (Å²) in [5, 5.41) is 0. The second kappa shape index (κ2) is 10.8. The Balaban J connectivity index is 1.44. The summed E-state index contributed by atoms with van der Waals surface area (Å²) < 4.78 is 59.2. The maximum atomic E-state index is 15.0. The van der Waals surface area contributed by atoms with Crippen molar-refractivity contribution < 1.29 is 31.9 Å². The molecule has 0 N–H and O–H groups in total. The second-order valence-electron chi connectivity index (χ2n) is 9.42. The molecule has 1 atom stereocenters. The SMILES string of the molecule is CC(=O)C[C@@H](c1ccc(OC(F)F)cc1)N1CCN(CC(F)(F)Cc2ccc3c(n2)CCCC3)C1=O. The topological polar surface area (TPSA) is 62.7 Å². The van der Waals surface area contributed by atoms with E-state index in [0.29, 0.717) is 11.3 Å². The summed E-state index contributed by atoms with van der Waals surface area (Å²) in [5.74, 6) is -3.42. The number of amides is 2. The number of halogens is 4. The molecular formula is C26H29F4N3O3. The van der Waals surface area contributed by atoms with Gasteiger partial charge in [-0.25, -0.2) is 13.6 Å². The highest BCUT2D eigenvalue weighted by Gasteiger charge is 2.41. The number of aryl methyl sites for hydroxylation is 2. The summed E-state index contributed by atoms with van der Waals surface area (Å²) in [4.78, 5) is 31.9. The molecule has 1 fully saturated rings. The molecule has 0 unspecified atom stereocenters. The van der Waals surface area contributed by atoms with Crippen molar-refractivity contribution in [3.8, 4) is 5.75 Å². The number of benzene rings is 1. The van der Waals surface area contributed by atoms with E-state index in [4.69, 9.17) is 0 Å². The molecule has 1 saturated heterocycles. The number of alkyl halides is 4. The molecule has 1 aliphatic carbocycles. The Hall–Kier alpha value is -3.17. The van der Waals surface area contributed by atoms with E-state index in [1.54, 1.807) is 6.07 Å². The van der Waals surface area contributed by atoms with Crippen LogP contribution in [0.25, 0.3) is 0 Å². The van der Waals surface area contributed by atoms with Crippen LogP contribution in [0.1, 0.15) is 54.7 Å². The van der Waals surface area contributed by atoms with E-state index in [-0.39, 0.29) is 31.0 Å². The van der Waals surface area contributed by atoms with Gasteiger partial charge in [-0.15, -0.1) is 0 Å². The second-order valence-corrected chi connectivity index (χ2v) is 9.42. The standard InChI is InChI=1S/C26H29F4N3O3/c1-17(34)14-23(19-7-10-21(11-8-19)36-24(27)28)33-13-12-32(25(33)35)16-26(29,30)15-20-9-6-18-4-2-3-5-22(18)31-20/h6-11,23-24H,2-5,12-16H2,1H3/t23-/m0/s1. The number of ether oxygens (including phenoxy) is 1. The zero-order valence-electron chi connectivity index (χ0n) is 20.1. The summed E-state index contributed by atoms with van der Waals surface area (Å²) in [6.07, 6.45) is 3.20. The van der Waals surface area contributed by atoms with Gasteiger partial charge in [-0.05, 0) is 61.9 Å². The highest BCUT2D eigenvalue weighted by atomic mass is 19.3. The first-order chi connectivity index (χ1) is 17.1. The quantitative estimate of drug-likeness (QED) is 0.415. The Labute approximate surface area is 207 Å². The van der Waals surface area contributed by atoms with Gasteiger partial charge in [0.2, 0.25) is 0 Å². The van der Waals surface area contributed by atoms with Crippen LogP contribution in [-0.2, 0) is 24.1 Å². The van der Waals surface area contributed by atoms with Gasteiger partial charge in [-0.3, -0.25) is 9.78 Å². The Kier molecular flexibility index (Phi) is 7.80. The summed E-state index contributed by atoms with van der Waals surface area (Å²) in [7, 11) is 0. The van der Waals surface area contributed by atoms with Gasteiger partial charge < -0.3 is 14.5 Å². The first kappa shape index (κ1) is 25.9. The Morgan fingerprint density at radius 3 is 2.50 bits per heavy atom. The summed E-state index contributed by atoms with van der Waals surface area (Å²) >= 11 is 0. The number of hydrogen-bond donors (Lipinski definition) is 0. The fraction of sp³-hybridized carbons (Fsp3) is 0.500. The van der Waals surface area contributed by atoms with Crippen LogP contribution in [-0.4, -0.2) is 58.8 Å². The van der Waals surface area contributed by atoms with E-state index in [0.717, 1.165) is 41.8 Å². The number of ketones is 1. The van der Waals surface area contributed by atoms with E-state index >= 15 is 0 Å². The van der Waals surface area contributed by atoms with Gasteiger partial charge in [-0.2, -0.15) is 8.78 Å². The third kappa shape index (κ3) is 6.33. The maximum Gasteiger partial charge on any atom is 0.387 e. The summed E-state index contributed by atoms with van der Waals surface area (Å²) in [6.45, 7) is -2.10. The minimum atomic E-state index is -3.17. The van der Waals surface area contributed by atoms with Crippen LogP contribution in [0.5, 0.6) is 5.75 Å². The molecule has 0 saturated carbocycles. The normalized spacial score (nSPS) is 16.9. The van der Waals surface area contributed by atoms with Gasteiger partial charge in [-0.1, -0.05) is 18.2 Å². The number of carbonyl (C=O) groups excluding carboxylic acids is 2. The van der Waals surface area contributed by atoms with Crippen molar-refractivity contribution in [1.29, 1.82) is 0 Å². The Bertz CT molecular complexity index is 1090. The van der Waals surface area contributed by atoms with Crippen LogP contribution >= 0.6 is 0 Å². The maximum absolute atomic E-state index is 15.0. The zero-order chi connectivity index (χ0) is 25.9.